The summed E-state index contributed by atoms with van der Waals surface area (Å²) < 4.78 is 13.6. The van der Waals surface area contributed by atoms with Gasteiger partial charge in [0.25, 0.3) is 0 Å². The molecule has 2 heterocycles. The van der Waals surface area contributed by atoms with Gasteiger partial charge in [0.05, 0.1) is 6.10 Å². The highest BCUT2D eigenvalue weighted by molar-refractivity contribution is 5.88. The number of nitrogens with zero attached hydrogens (tertiary/aromatic N) is 2. The minimum atomic E-state index is -1.32. The molecule has 1 aliphatic rings. The Labute approximate surface area is 84.8 Å². The number of β-amino-alcohol motifs (C(OH)–C–C–N with tert-alkyl or cyclic N) is 1. The van der Waals surface area contributed by atoms with Crippen molar-refractivity contribution < 1.29 is 19.4 Å². The van der Waals surface area contributed by atoms with Crippen molar-refractivity contribution in [2.45, 2.75) is 6.10 Å². The number of rotatable bonds is 2. The summed E-state index contributed by atoms with van der Waals surface area (Å²) in [6, 6.07) is 1.11. The van der Waals surface area contributed by atoms with E-state index in [1.165, 1.54) is 11.1 Å². The molecule has 5 nitrogen and oxygen atoms in total. The second-order valence-corrected chi connectivity index (χ2v) is 3.36. The van der Waals surface area contributed by atoms with Gasteiger partial charge in [-0.05, 0) is 6.07 Å². The van der Waals surface area contributed by atoms with Crippen LogP contribution in [0.3, 0.4) is 0 Å². The highest BCUT2D eigenvalue weighted by Gasteiger charge is 2.29. The minimum Gasteiger partial charge on any atom is -0.478 e. The van der Waals surface area contributed by atoms with Gasteiger partial charge in [-0.1, -0.05) is 0 Å². The molecule has 1 aromatic heterocycles. The van der Waals surface area contributed by atoms with Crippen LogP contribution in [0.5, 0.6) is 0 Å². The minimum absolute atomic E-state index is 0.0137. The first-order valence-electron chi connectivity index (χ1n) is 4.40. The van der Waals surface area contributed by atoms with Gasteiger partial charge in [-0.3, -0.25) is 0 Å². The summed E-state index contributed by atoms with van der Waals surface area (Å²) in [7, 11) is 0. The molecule has 0 unspecified atom stereocenters. The second kappa shape index (κ2) is 3.47. The first-order valence-corrected chi connectivity index (χ1v) is 4.40. The zero-order valence-corrected chi connectivity index (χ0v) is 7.72. The fourth-order valence-corrected chi connectivity index (χ4v) is 1.45. The Kier molecular flexibility index (Phi) is 2.28. The second-order valence-electron chi connectivity index (χ2n) is 3.36. The van der Waals surface area contributed by atoms with Crippen LogP contribution in [0.4, 0.5) is 10.2 Å². The van der Waals surface area contributed by atoms with Gasteiger partial charge < -0.3 is 15.1 Å². The molecule has 0 aromatic carbocycles. The van der Waals surface area contributed by atoms with E-state index < -0.39 is 23.5 Å². The molecular weight excluding hydrogens is 203 g/mol. The van der Waals surface area contributed by atoms with Crippen molar-refractivity contribution in [1.82, 2.24) is 4.98 Å². The summed E-state index contributed by atoms with van der Waals surface area (Å²) >= 11 is 0. The van der Waals surface area contributed by atoms with E-state index in [4.69, 9.17) is 10.2 Å². The van der Waals surface area contributed by atoms with Gasteiger partial charge in [0.15, 0.2) is 11.6 Å². The molecule has 0 radical (unpaired) electrons. The molecule has 0 spiro atoms. The molecule has 0 atom stereocenters. The van der Waals surface area contributed by atoms with Gasteiger partial charge in [-0.15, -0.1) is 0 Å². The van der Waals surface area contributed by atoms with Crippen LogP contribution in [0.15, 0.2) is 12.3 Å². The lowest BCUT2D eigenvalue weighted by Gasteiger charge is -2.36. The zero-order chi connectivity index (χ0) is 11.0. The summed E-state index contributed by atoms with van der Waals surface area (Å²) in [5.74, 6) is -2.19. The van der Waals surface area contributed by atoms with Gasteiger partial charge in [-0.25, -0.2) is 14.2 Å². The van der Waals surface area contributed by atoms with E-state index in [1.54, 1.807) is 0 Å². The maximum absolute atomic E-state index is 13.6. The molecule has 1 saturated heterocycles. The molecule has 80 valence electrons. The van der Waals surface area contributed by atoms with Crippen LogP contribution < -0.4 is 4.90 Å². The van der Waals surface area contributed by atoms with Crippen molar-refractivity contribution in [3.8, 4) is 0 Å². The van der Waals surface area contributed by atoms with Gasteiger partial charge >= 0.3 is 5.97 Å². The number of aromatic nitrogens is 1. The predicted molar refractivity (Wildman–Crippen MR) is 49.4 cm³/mol. The number of anilines is 1. The lowest BCUT2D eigenvalue weighted by atomic mass is 10.1. The van der Waals surface area contributed by atoms with E-state index in [1.807, 2.05) is 0 Å². The maximum atomic E-state index is 13.6. The molecule has 1 aliphatic heterocycles. The summed E-state index contributed by atoms with van der Waals surface area (Å²) in [5.41, 5.74) is -0.401. The molecule has 15 heavy (non-hydrogen) atoms. The molecule has 1 fully saturated rings. The Bertz CT molecular complexity index is 404. The van der Waals surface area contributed by atoms with Crippen molar-refractivity contribution in [1.29, 1.82) is 0 Å². The smallest absolute Gasteiger partial charge is 0.338 e. The molecule has 0 aliphatic carbocycles. The fraction of sp³-hybridized carbons (Fsp3) is 0.333. The third-order valence-corrected chi connectivity index (χ3v) is 2.26. The number of carboxylic acids is 1. The standard InChI is InChI=1S/C9H9FN2O3/c10-7-6(9(14)15)1-2-11-8(7)12-3-5(13)4-12/h1-2,5,13H,3-4H2,(H,14,15). The lowest BCUT2D eigenvalue weighted by Crippen LogP contribution is -2.51. The van der Waals surface area contributed by atoms with Crippen LogP contribution in [0.1, 0.15) is 10.4 Å². The van der Waals surface area contributed by atoms with E-state index >= 15 is 0 Å². The van der Waals surface area contributed by atoms with Crippen molar-refractivity contribution in [3.05, 3.63) is 23.6 Å². The number of aromatic carboxylic acids is 1. The molecule has 2 N–H and O–H groups in total. The van der Waals surface area contributed by atoms with E-state index in [0.29, 0.717) is 0 Å². The van der Waals surface area contributed by atoms with E-state index in [-0.39, 0.29) is 18.9 Å². The van der Waals surface area contributed by atoms with Gasteiger partial charge in [0.1, 0.15) is 5.56 Å². The zero-order valence-electron chi connectivity index (χ0n) is 7.72. The number of aliphatic hydroxyl groups excluding tert-OH is 1. The van der Waals surface area contributed by atoms with Crippen molar-refractivity contribution >= 4 is 11.8 Å². The third-order valence-electron chi connectivity index (χ3n) is 2.26. The summed E-state index contributed by atoms with van der Waals surface area (Å²) in [6.07, 6.45) is 0.756. The lowest BCUT2D eigenvalue weighted by molar-refractivity contribution is 0.0691. The van der Waals surface area contributed by atoms with Crippen LogP contribution in [0.2, 0.25) is 0 Å². The normalized spacial score (nSPS) is 16.3. The van der Waals surface area contributed by atoms with Crippen molar-refractivity contribution in [3.63, 3.8) is 0 Å². The highest BCUT2D eigenvalue weighted by atomic mass is 19.1. The molecule has 0 saturated carbocycles. The van der Waals surface area contributed by atoms with Gasteiger partial charge in [0, 0.05) is 19.3 Å². The number of hydrogen-bond acceptors (Lipinski definition) is 4. The number of pyridine rings is 1. The van der Waals surface area contributed by atoms with Gasteiger partial charge in [0.2, 0.25) is 0 Å². The fourth-order valence-electron chi connectivity index (χ4n) is 1.45. The predicted octanol–water partition coefficient (Wildman–Crippen LogP) is 0.0998. The average molecular weight is 212 g/mol. The Morgan fingerprint density at radius 1 is 1.60 bits per heavy atom. The number of aliphatic hydroxyl groups is 1. The molecule has 6 heteroatoms. The molecule has 0 bridgehead atoms. The number of carbonyl (C=O) groups is 1. The largest absolute Gasteiger partial charge is 0.478 e. The highest BCUT2D eigenvalue weighted by Crippen LogP contribution is 2.23. The summed E-state index contributed by atoms with van der Waals surface area (Å²) in [5, 5.41) is 17.7. The monoisotopic (exact) mass is 212 g/mol. The van der Waals surface area contributed by atoms with E-state index in [2.05, 4.69) is 4.98 Å². The van der Waals surface area contributed by atoms with Crippen LogP contribution >= 0.6 is 0 Å². The SMILES string of the molecule is O=C(O)c1ccnc(N2CC(O)C2)c1F. The number of halogens is 1. The van der Waals surface area contributed by atoms with Crippen molar-refractivity contribution in [2.24, 2.45) is 0 Å². The topological polar surface area (TPSA) is 73.7 Å². The molecule has 1 aromatic rings. The van der Waals surface area contributed by atoms with Crippen molar-refractivity contribution in [2.75, 3.05) is 18.0 Å². The Hall–Kier alpha value is -1.69. The van der Waals surface area contributed by atoms with E-state index in [0.717, 1.165) is 6.07 Å². The molecule has 2 rings (SSSR count). The van der Waals surface area contributed by atoms with Gasteiger partial charge in [-0.2, -0.15) is 0 Å². The summed E-state index contributed by atoms with van der Waals surface area (Å²) in [4.78, 5) is 15.9. The Balaban J connectivity index is 2.32. The molecule has 0 amide bonds. The third kappa shape index (κ3) is 1.63. The molecular formula is C9H9FN2O3. The first-order chi connectivity index (χ1) is 7.09. The first kappa shape index (κ1) is 9.85. The Morgan fingerprint density at radius 3 is 2.80 bits per heavy atom. The van der Waals surface area contributed by atoms with Crippen LogP contribution in [0, 0.1) is 5.82 Å². The van der Waals surface area contributed by atoms with Crippen LogP contribution in [0.25, 0.3) is 0 Å². The Morgan fingerprint density at radius 2 is 2.27 bits per heavy atom. The number of carboxylic acid groups (broad SMARTS) is 1. The number of hydrogen-bond donors (Lipinski definition) is 2. The van der Waals surface area contributed by atoms with Crippen LogP contribution in [-0.2, 0) is 0 Å². The maximum Gasteiger partial charge on any atom is 0.338 e. The quantitative estimate of drug-likeness (QED) is 0.727. The average Bonchev–Trinajstić information content (AvgIpc) is 2.13. The summed E-state index contributed by atoms with van der Waals surface area (Å²) in [6.45, 7) is 0.569. The van der Waals surface area contributed by atoms with E-state index in [9.17, 15) is 9.18 Å². The van der Waals surface area contributed by atoms with Crippen LogP contribution in [-0.4, -0.2) is 40.4 Å².